The molecule has 0 saturated heterocycles. The van der Waals surface area contributed by atoms with Gasteiger partial charge in [0.05, 0.1) is 0 Å². The van der Waals surface area contributed by atoms with E-state index in [0.717, 1.165) is 6.42 Å². The zero-order valence-electron chi connectivity index (χ0n) is 22.7. The average molecular weight is 421 g/mol. The molecule has 1 atom stereocenters. The summed E-state index contributed by atoms with van der Waals surface area (Å²) in [6, 6.07) is 13.9. The second-order valence-electron chi connectivity index (χ2n) is 13.7. The summed E-state index contributed by atoms with van der Waals surface area (Å²) >= 11 is 0. The van der Waals surface area contributed by atoms with Crippen LogP contribution in [0.25, 0.3) is 0 Å². The van der Waals surface area contributed by atoms with Crippen LogP contribution in [0, 0.1) is 0 Å². The second kappa shape index (κ2) is 8.42. The Kier molecular flexibility index (Phi) is 6.98. The van der Waals surface area contributed by atoms with E-state index in [2.05, 4.69) is 126 Å². The molecule has 0 aliphatic carbocycles. The van der Waals surface area contributed by atoms with Crippen molar-refractivity contribution in [1.29, 1.82) is 0 Å². The predicted octanol–water partition coefficient (Wildman–Crippen LogP) is 9.22. The fourth-order valence-electron chi connectivity index (χ4n) is 5.07. The highest BCUT2D eigenvalue weighted by atomic mass is 14.4. The Bertz CT molecular complexity index is 899. The topological polar surface area (TPSA) is 0 Å². The van der Waals surface area contributed by atoms with Crippen LogP contribution in [-0.2, 0) is 28.1 Å². The van der Waals surface area contributed by atoms with Gasteiger partial charge in [-0.15, -0.1) is 0 Å². The molecule has 0 heteroatoms. The molecular weight excluding hydrogens is 372 g/mol. The summed E-state index contributed by atoms with van der Waals surface area (Å²) in [4.78, 5) is 0. The second-order valence-corrected chi connectivity index (χ2v) is 13.7. The van der Waals surface area contributed by atoms with Gasteiger partial charge >= 0.3 is 0 Å². The number of hydrogen-bond donors (Lipinski definition) is 0. The minimum Gasteiger partial charge on any atom is -0.0620 e. The number of benzene rings is 2. The van der Waals surface area contributed by atoms with Gasteiger partial charge in [0, 0.05) is 0 Å². The van der Waals surface area contributed by atoms with Crippen molar-refractivity contribution in [2.24, 2.45) is 0 Å². The summed E-state index contributed by atoms with van der Waals surface area (Å²) in [7, 11) is 0. The van der Waals surface area contributed by atoms with Crippen molar-refractivity contribution in [1.82, 2.24) is 0 Å². The lowest BCUT2D eigenvalue weighted by Crippen LogP contribution is -2.28. The first-order valence-electron chi connectivity index (χ1n) is 12.1. The molecule has 2 aromatic rings. The zero-order valence-corrected chi connectivity index (χ0v) is 22.7. The lowest BCUT2D eigenvalue weighted by atomic mass is 9.67. The average Bonchev–Trinajstić information content (AvgIpc) is 2.57. The Hall–Kier alpha value is -1.56. The van der Waals surface area contributed by atoms with Gasteiger partial charge in [0.1, 0.15) is 0 Å². The number of hydrogen-bond acceptors (Lipinski definition) is 0. The maximum atomic E-state index is 2.42. The van der Waals surface area contributed by atoms with E-state index in [9.17, 15) is 0 Å². The van der Waals surface area contributed by atoms with Crippen LogP contribution in [0.15, 0.2) is 36.4 Å². The van der Waals surface area contributed by atoms with Crippen molar-refractivity contribution in [2.45, 2.75) is 124 Å². The minimum atomic E-state index is 0.0997. The molecule has 1 unspecified atom stereocenters. The van der Waals surface area contributed by atoms with Crippen LogP contribution in [0.1, 0.15) is 129 Å². The lowest BCUT2D eigenvalue weighted by molar-refractivity contribution is 0.509. The molecule has 0 radical (unpaired) electrons. The van der Waals surface area contributed by atoms with Gasteiger partial charge in [0.2, 0.25) is 0 Å². The van der Waals surface area contributed by atoms with Crippen molar-refractivity contribution in [3.63, 3.8) is 0 Å². The Morgan fingerprint density at radius 1 is 0.548 bits per heavy atom. The van der Waals surface area contributed by atoms with E-state index >= 15 is 0 Å². The molecule has 0 aliphatic heterocycles. The molecule has 0 spiro atoms. The standard InChI is InChI=1S/C31H48/c1-21(22-16-14-15-17-24(22)28(2,3)4)20-23-25(29(5,6)7)18-19-26(30(8,9)10)27(23)31(11,12)13/h14-19,21H,20H2,1-13H3. The van der Waals surface area contributed by atoms with Crippen molar-refractivity contribution in [3.8, 4) is 0 Å². The normalized spacial score (nSPS) is 14.6. The molecule has 0 saturated carbocycles. The highest BCUT2D eigenvalue weighted by Gasteiger charge is 2.32. The zero-order chi connectivity index (χ0) is 24.0. The molecule has 0 bridgehead atoms. The van der Waals surface area contributed by atoms with Gasteiger partial charge in [-0.25, -0.2) is 0 Å². The molecule has 2 aromatic carbocycles. The molecule has 2 rings (SSSR count). The van der Waals surface area contributed by atoms with Crippen molar-refractivity contribution >= 4 is 0 Å². The molecular formula is C31H48. The molecule has 0 fully saturated rings. The van der Waals surface area contributed by atoms with Gasteiger partial charge in [-0.3, -0.25) is 0 Å². The summed E-state index contributed by atoms with van der Waals surface area (Å²) in [5, 5.41) is 0. The Labute approximate surface area is 193 Å². The van der Waals surface area contributed by atoms with Gasteiger partial charge in [0.25, 0.3) is 0 Å². The van der Waals surface area contributed by atoms with Gasteiger partial charge < -0.3 is 0 Å². The van der Waals surface area contributed by atoms with Crippen molar-refractivity contribution in [3.05, 3.63) is 69.8 Å². The molecule has 0 heterocycles. The third-order valence-electron chi connectivity index (χ3n) is 6.49. The summed E-state index contributed by atoms with van der Waals surface area (Å²) in [5.74, 6) is 0.466. The fraction of sp³-hybridized carbons (Fsp3) is 0.613. The third-order valence-corrected chi connectivity index (χ3v) is 6.49. The highest BCUT2D eigenvalue weighted by molar-refractivity contribution is 5.51. The van der Waals surface area contributed by atoms with Gasteiger partial charge in [-0.1, -0.05) is 126 Å². The van der Waals surface area contributed by atoms with E-state index in [1.165, 1.54) is 22.3 Å². The maximum absolute atomic E-state index is 2.42. The Morgan fingerprint density at radius 2 is 1.00 bits per heavy atom. The molecule has 0 N–H and O–H groups in total. The van der Waals surface area contributed by atoms with Crippen molar-refractivity contribution in [2.75, 3.05) is 0 Å². The van der Waals surface area contributed by atoms with Gasteiger partial charge in [0.15, 0.2) is 0 Å². The van der Waals surface area contributed by atoms with Crippen LogP contribution in [0.5, 0.6) is 0 Å². The van der Waals surface area contributed by atoms with Crippen LogP contribution in [0.3, 0.4) is 0 Å². The first-order valence-corrected chi connectivity index (χ1v) is 12.1. The van der Waals surface area contributed by atoms with Crippen LogP contribution in [-0.4, -0.2) is 0 Å². The van der Waals surface area contributed by atoms with Crippen molar-refractivity contribution < 1.29 is 0 Å². The Balaban J connectivity index is 2.78. The third kappa shape index (κ3) is 5.82. The molecule has 31 heavy (non-hydrogen) atoms. The summed E-state index contributed by atoms with van der Waals surface area (Å²) < 4.78 is 0. The van der Waals surface area contributed by atoms with Crippen LogP contribution >= 0.6 is 0 Å². The lowest BCUT2D eigenvalue weighted by Gasteiger charge is -2.37. The minimum absolute atomic E-state index is 0.0997. The van der Waals surface area contributed by atoms with E-state index in [4.69, 9.17) is 0 Å². The van der Waals surface area contributed by atoms with Crippen LogP contribution < -0.4 is 0 Å². The van der Waals surface area contributed by atoms with Crippen LogP contribution in [0.2, 0.25) is 0 Å². The first kappa shape index (κ1) is 25.7. The largest absolute Gasteiger partial charge is 0.0620 e. The maximum Gasteiger partial charge on any atom is -0.0126 e. The number of rotatable bonds is 3. The van der Waals surface area contributed by atoms with E-state index in [1.54, 1.807) is 11.1 Å². The molecule has 0 aliphatic rings. The molecule has 0 nitrogen and oxygen atoms in total. The van der Waals surface area contributed by atoms with E-state index in [1.807, 2.05) is 0 Å². The van der Waals surface area contributed by atoms with E-state index < -0.39 is 0 Å². The highest BCUT2D eigenvalue weighted by Crippen LogP contribution is 2.43. The van der Waals surface area contributed by atoms with Gasteiger partial charge in [-0.2, -0.15) is 0 Å². The monoisotopic (exact) mass is 420 g/mol. The quantitative estimate of drug-likeness (QED) is 0.464. The van der Waals surface area contributed by atoms with Crippen LogP contribution in [0.4, 0.5) is 0 Å². The first-order chi connectivity index (χ1) is 13.8. The molecule has 172 valence electrons. The smallest absolute Gasteiger partial charge is 0.0126 e. The predicted molar refractivity (Wildman–Crippen MR) is 140 cm³/mol. The summed E-state index contributed by atoms with van der Waals surface area (Å²) in [5.41, 5.74) is 9.61. The summed E-state index contributed by atoms with van der Waals surface area (Å²) in [6.07, 6.45) is 1.08. The summed E-state index contributed by atoms with van der Waals surface area (Å²) in [6.45, 7) is 30.8. The van der Waals surface area contributed by atoms with Gasteiger partial charge in [-0.05, 0) is 67.4 Å². The van der Waals surface area contributed by atoms with E-state index in [0.29, 0.717) is 5.92 Å². The Morgan fingerprint density at radius 3 is 1.45 bits per heavy atom. The van der Waals surface area contributed by atoms with E-state index in [-0.39, 0.29) is 21.7 Å². The molecule has 0 aromatic heterocycles. The molecule has 0 amide bonds. The SMILES string of the molecule is CC(Cc1c(C(C)(C)C)ccc(C(C)(C)C)c1C(C)(C)C)c1ccccc1C(C)(C)C. The fourth-order valence-corrected chi connectivity index (χ4v) is 5.07.